The van der Waals surface area contributed by atoms with Crippen molar-refractivity contribution in [3.05, 3.63) is 78.0 Å². The molecular formula is C22H21N3O7S. The lowest BCUT2D eigenvalue weighted by Gasteiger charge is -2.13. The second-order valence-corrected chi connectivity index (χ2v) is 8.44. The van der Waals surface area contributed by atoms with Gasteiger partial charge in [0.25, 0.3) is 10.0 Å². The highest BCUT2D eigenvalue weighted by Gasteiger charge is 2.18. The summed E-state index contributed by atoms with van der Waals surface area (Å²) < 4.78 is 37.8. The molecule has 0 fully saturated rings. The number of hydrogen-bond acceptors (Lipinski definition) is 7. The number of hydrogen-bond donors (Lipinski definition) is 3. The molecule has 2 aromatic carbocycles. The Morgan fingerprint density at radius 1 is 1.03 bits per heavy atom. The maximum absolute atomic E-state index is 12.5. The van der Waals surface area contributed by atoms with Gasteiger partial charge in [0.15, 0.2) is 0 Å². The molecule has 172 valence electrons. The number of pyridine rings is 1. The topological polar surface area (TPSA) is 144 Å². The number of carbonyl (C=O) groups excluding carboxylic acids is 1. The SMILES string of the molecule is Cc1ccc(S(=O)(=O)Nc2ccc(OCCOC(=O)Nc3ccccn3)c(C(=O)O)c2)cc1. The Hall–Kier alpha value is -4.12. The van der Waals surface area contributed by atoms with E-state index in [1.54, 1.807) is 30.3 Å². The van der Waals surface area contributed by atoms with Gasteiger partial charge in [0.1, 0.15) is 30.3 Å². The minimum atomic E-state index is -3.89. The van der Waals surface area contributed by atoms with Gasteiger partial charge in [-0.25, -0.2) is 23.0 Å². The second kappa shape index (κ2) is 10.5. The highest BCUT2D eigenvalue weighted by molar-refractivity contribution is 7.92. The predicted molar refractivity (Wildman–Crippen MR) is 120 cm³/mol. The molecule has 0 radical (unpaired) electrons. The number of ether oxygens (including phenoxy) is 2. The van der Waals surface area contributed by atoms with Gasteiger partial charge in [-0.15, -0.1) is 0 Å². The maximum atomic E-state index is 12.5. The van der Waals surface area contributed by atoms with Crippen LogP contribution in [0, 0.1) is 6.92 Å². The first-order valence-corrected chi connectivity index (χ1v) is 11.2. The molecule has 0 atom stereocenters. The van der Waals surface area contributed by atoms with Crippen molar-refractivity contribution in [2.45, 2.75) is 11.8 Å². The number of carboxylic acid groups (broad SMARTS) is 1. The van der Waals surface area contributed by atoms with Crippen LogP contribution in [0.2, 0.25) is 0 Å². The van der Waals surface area contributed by atoms with E-state index >= 15 is 0 Å². The van der Waals surface area contributed by atoms with Gasteiger partial charge in [-0.3, -0.25) is 10.0 Å². The molecule has 0 spiro atoms. The number of sulfonamides is 1. The third-order valence-electron chi connectivity index (χ3n) is 4.26. The first-order valence-electron chi connectivity index (χ1n) is 9.69. The summed E-state index contributed by atoms with van der Waals surface area (Å²) in [7, 11) is -3.89. The molecule has 33 heavy (non-hydrogen) atoms. The minimum Gasteiger partial charge on any atom is -0.489 e. The number of carbonyl (C=O) groups is 2. The van der Waals surface area contributed by atoms with Crippen LogP contribution >= 0.6 is 0 Å². The van der Waals surface area contributed by atoms with Gasteiger partial charge in [0.2, 0.25) is 0 Å². The Bertz CT molecular complexity index is 1230. The quantitative estimate of drug-likeness (QED) is 0.402. The average molecular weight is 471 g/mol. The Kier molecular flexibility index (Phi) is 7.46. The van der Waals surface area contributed by atoms with E-state index in [0.29, 0.717) is 5.82 Å². The first-order chi connectivity index (χ1) is 15.7. The molecule has 0 aliphatic heterocycles. The van der Waals surface area contributed by atoms with Crippen molar-refractivity contribution >= 4 is 33.6 Å². The summed E-state index contributed by atoms with van der Waals surface area (Å²) in [6.45, 7) is 1.56. The van der Waals surface area contributed by atoms with Gasteiger partial charge >= 0.3 is 12.1 Å². The Balaban J connectivity index is 1.60. The Labute approximate surface area is 190 Å². The fraction of sp³-hybridized carbons (Fsp3) is 0.136. The Morgan fingerprint density at radius 3 is 2.45 bits per heavy atom. The number of anilines is 2. The third-order valence-corrected chi connectivity index (χ3v) is 5.66. The van der Waals surface area contributed by atoms with E-state index in [-0.39, 0.29) is 35.1 Å². The highest BCUT2D eigenvalue weighted by Crippen LogP contribution is 2.25. The summed E-state index contributed by atoms with van der Waals surface area (Å²) in [4.78, 5) is 27.3. The van der Waals surface area contributed by atoms with Crippen molar-refractivity contribution in [3.63, 3.8) is 0 Å². The maximum Gasteiger partial charge on any atom is 0.412 e. The lowest BCUT2D eigenvalue weighted by molar-refractivity contribution is 0.0689. The number of amides is 1. The number of aryl methyl sites for hydroxylation is 1. The minimum absolute atomic E-state index is 0.00508. The van der Waals surface area contributed by atoms with Crippen LogP contribution in [-0.4, -0.2) is 43.8 Å². The number of nitrogens with zero attached hydrogens (tertiary/aromatic N) is 1. The van der Waals surface area contributed by atoms with E-state index < -0.39 is 22.1 Å². The van der Waals surface area contributed by atoms with Crippen LogP contribution in [-0.2, 0) is 14.8 Å². The van der Waals surface area contributed by atoms with Gasteiger partial charge in [0.05, 0.1) is 4.90 Å². The zero-order valence-corrected chi connectivity index (χ0v) is 18.3. The van der Waals surface area contributed by atoms with Crippen LogP contribution in [0.25, 0.3) is 0 Å². The molecule has 10 nitrogen and oxygen atoms in total. The van der Waals surface area contributed by atoms with Gasteiger partial charge < -0.3 is 14.6 Å². The second-order valence-electron chi connectivity index (χ2n) is 6.76. The number of nitrogens with one attached hydrogen (secondary N) is 2. The first kappa shape index (κ1) is 23.5. The standard InChI is InChI=1S/C22H21N3O7S/c1-15-5-8-17(9-6-15)33(29,30)25-16-7-10-19(18(14-16)21(26)27)31-12-13-32-22(28)24-20-4-2-3-11-23-20/h2-11,14,25H,12-13H2,1H3,(H,26,27)(H,23,24,28). The summed E-state index contributed by atoms with van der Waals surface area (Å²) in [5.41, 5.74) is 0.713. The van der Waals surface area contributed by atoms with Gasteiger partial charge in [-0.2, -0.15) is 0 Å². The summed E-state index contributed by atoms with van der Waals surface area (Å²) in [5.74, 6) is -0.995. The van der Waals surface area contributed by atoms with Crippen molar-refractivity contribution in [1.29, 1.82) is 0 Å². The third kappa shape index (κ3) is 6.68. The van der Waals surface area contributed by atoms with Crippen LogP contribution in [0.1, 0.15) is 15.9 Å². The van der Waals surface area contributed by atoms with Crippen molar-refractivity contribution in [3.8, 4) is 5.75 Å². The zero-order chi connectivity index (χ0) is 23.8. The molecule has 1 heterocycles. The van der Waals surface area contributed by atoms with E-state index in [0.717, 1.165) is 11.6 Å². The van der Waals surface area contributed by atoms with Crippen molar-refractivity contribution in [2.75, 3.05) is 23.3 Å². The van der Waals surface area contributed by atoms with E-state index in [4.69, 9.17) is 9.47 Å². The summed E-state index contributed by atoms with van der Waals surface area (Å²) in [6.07, 6.45) is 0.771. The molecule has 1 aromatic heterocycles. The lowest BCUT2D eigenvalue weighted by atomic mass is 10.2. The summed E-state index contributed by atoms with van der Waals surface area (Å²) in [5, 5.41) is 11.9. The van der Waals surface area contributed by atoms with E-state index in [9.17, 15) is 23.1 Å². The fourth-order valence-electron chi connectivity index (χ4n) is 2.68. The normalized spacial score (nSPS) is 10.8. The number of aromatic nitrogens is 1. The van der Waals surface area contributed by atoms with Crippen molar-refractivity contribution in [2.24, 2.45) is 0 Å². The molecule has 3 aromatic rings. The van der Waals surface area contributed by atoms with Crippen LogP contribution in [0.5, 0.6) is 5.75 Å². The molecule has 3 N–H and O–H groups in total. The molecule has 0 unspecified atom stereocenters. The highest BCUT2D eigenvalue weighted by atomic mass is 32.2. The molecule has 0 aliphatic rings. The van der Waals surface area contributed by atoms with Crippen molar-refractivity contribution in [1.82, 2.24) is 4.98 Å². The van der Waals surface area contributed by atoms with Crippen LogP contribution < -0.4 is 14.8 Å². The van der Waals surface area contributed by atoms with Gasteiger partial charge in [-0.05, 0) is 49.4 Å². The molecule has 0 bridgehead atoms. The molecule has 1 amide bonds. The zero-order valence-electron chi connectivity index (χ0n) is 17.5. The molecule has 3 rings (SSSR count). The molecule has 0 saturated heterocycles. The van der Waals surface area contributed by atoms with E-state index in [2.05, 4.69) is 15.0 Å². The number of aromatic carboxylic acids is 1. The smallest absolute Gasteiger partial charge is 0.412 e. The average Bonchev–Trinajstić information content (AvgIpc) is 2.78. The van der Waals surface area contributed by atoms with E-state index in [1.165, 1.54) is 30.5 Å². The van der Waals surface area contributed by atoms with Crippen LogP contribution in [0.3, 0.4) is 0 Å². The number of rotatable bonds is 9. The van der Waals surface area contributed by atoms with Gasteiger partial charge in [0, 0.05) is 11.9 Å². The Morgan fingerprint density at radius 2 is 1.79 bits per heavy atom. The van der Waals surface area contributed by atoms with E-state index in [1.807, 2.05) is 6.92 Å². The fourth-order valence-corrected chi connectivity index (χ4v) is 3.73. The summed E-state index contributed by atoms with van der Waals surface area (Å²) in [6, 6.07) is 15.1. The predicted octanol–water partition coefficient (Wildman–Crippen LogP) is 3.52. The largest absolute Gasteiger partial charge is 0.489 e. The summed E-state index contributed by atoms with van der Waals surface area (Å²) >= 11 is 0. The monoisotopic (exact) mass is 471 g/mol. The van der Waals surface area contributed by atoms with Crippen LogP contribution in [0.15, 0.2) is 71.8 Å². The van der Waals surface area contributed by atoms with Crippen LogP contribution in [0.4, 0.5) is 16.3 Å². The molecule has 0 saturated carbocycles. The molecule has 11 heteroatoms. The van der Waals surface area contributed by atoms with Gasteiger partial charge in [-0.1, -0.05) is 23.8 Å². The number of carboxylic acids is 1. The number of benzene rings is 2. The lowest BCUT2D eigenvalue weighted by Crippen LogP contribution is -2.18. The van der Waals surface area contributed by atoms with Crippen molar-refractivity contribution < 1.29 is 32.6 Å². The molecular weight excluding hydrogens is 450 g/mol. The molecule has 0 aliphatic carbocycles.